The van der Waals surface area contributed by atoms with Crippen LogP contribution < -0.4 is 5.73 Å². The minimum atomic E-state index is -0.166. The number of thiazole rings is 1. The van der Waals surface area contributed by atoms with Crippen LogP contribution in [0.25, 0.3) is 0 Å². The highest BCUT2D eigenvalue weighted by Gasteiger charge is 2.05. The van der Waals surface area contributed by atoms with E-state index in [-0.39, 0.29) is 5.82 Å². The first-order chi connectivity index (χ1) is 7.29. The van der Waals surface area contributed by atoms with Gasteiger partial charge in [0.1, 0.15) is 10.8 Å². The lowest BCUT2D eigenvalue weighted by molar-refractivity contribution is 0.614. The van der Waals surface area contributed by atoms with Crippen molar-refractivity contribution in [3.05, 3.63) is 51.7 Å². The van der Waals surface area contributed by atoms with Crippen molar-refractivity contribution in [2.75, 3.05) is 0 Å². The molecule has 0 aliphatic carbocycles. The number of aromatic nitrogens is 1. The Hall–Kier alpha value is -1.26. The zero-order valence-corrected chi connectivity index (χ0v) is 8.93. The number of nitrogens with zero attached hydrogens (tertiary/aromatic N) is 1. The summed E-state index contributed by atoms with van der Waals surface area (Å²) in [6, 6.07) is 6.79. The van der Waals surface area contributed by atoms with Crippen LogP contribution >= 0.6 is 11.3 Å². The summed E-state index contributed by atoms with van der Waals surface area (Å²) in [5.74, 6) is -0.166. The van der Waals surface area contributed by atoms with Gasteiger partial charge in [-0.3, -0.25) is 0 Å². The Balaban J connectivity index is 2.18. The van der Waals surface area contributed by atoms with Crippen LogP contribution in [0.4, 0.5) is 4.39 Å². The van der Waals surface area contributed by atoms with E-state index in [4.69, 9.17) is 5.73 Å². The molecule has 0 amide bonds. The van der Waals surface area contributed by atoms with Crippen LogP contribution in [0.15, 0.2) is 30.5 Å². The molecule has 0 radical (unpaired) electrons. The molecule has 4 heteroatoms. The molecule has 0 aliphatic heterocycles. The zero-order valence-electron chi connectivity index (χ0n) is 8.11. The van der Waals surface area contributed by atoms with Gasteiger partial charge in [0.15, 0.2) is 0 Å². The normalized spacial score (nSPS) is 10.5. The summed E-state index contributed by atoms with van der Waals surface area (Å²) in [5, 5.41) is 0.890. The summed E-state index contributed by atoms with van der Waals surface area (Å²) in [4.78, 5) is 5.17. The van der Waals surface area contributed by atoms with Crippen molar-refractivity contribution in [2.45, 2.75) is 13.0 Å². The Morgan fingerprint density at radius 1 is 1.33 bits per heavy atom. The molecule has 0 saturated carbocycles. The lowest BCUT2D eigenvalue weighted by Crippen LogP contribution is -1.93. The highest BCUT2D eigenvalue weighted by molar-refractivity contribution is 7.11. The molecule has 0 atom stereocenters. The van der Waals surface area contributed by atoms with Gasteiger partial charge >= 0.3 is 0 Å². The second-order valence-corrected chi connectivity index (χ2v) is 4.39. The SMILES string of the molecule is NCc1ncc(Cc2ccccc2F)s1. The lowest BCUT2D eigenvalue weighted by Gasteiger charge is -1.99. The Morgan fingerprint density at radius 3 is 2.80 bits per heavy atom. The van der Waals surface area contributed by atoms with Gasteiger partial charge < -0.3 is 5.73 Å². The quantitative estimate of drug-likeness (QED) is 0.865. The maximum Gasteiger partial charge on any atom is 0.126 e. The molecule has 0 unspecified atom stereocenters. The number of hydrogen-bond donors (Lipinski definition) is 1. The van der Waals surface area contributed by atoms with E-state index in [1.807, 2.05) is 6.07 Å². The van der Waals surface area contributed by atoms with Gasteiger partial charge in [0, 0.05) is 24.0 Å². The van der Waals surface area contributed by atoms with E-state index in [0.717, 1.165) is 9.88 Å². The third-order valence-electron chi connectivity index (χ3n) is 2.10. The van der Waals surface area contributed by atoms with Gasteiger partial charge in [0.25, 0.3) is 0 Å². The van der Waals surface area contributed by atoms with Crippen molar-refractivity contribution in [3.8, 4) is 0 Å². The first kappa shape index (κ1) is 10.3. The van der Waals surface area contributed by atoms with Gasteiger partial charge in [-0.2, -0.15) is 0 Å². The molecule has 15 heavy (non-hydrogen) atoms. The molecule has 2 N–H and O–H groups in total. The molecule has 0 bridgehead atoms. The molecule has 0 aliphatic rings. The van der Waals surface area contributed by atoms with E-state index in [1.54, 1.807) is 18.3 Å². The number of benzene rings is 1. The molecule has 78 valence electrons. The predicted octanol–water partition coefficient (Wildman–Crippen LogP) is 2.33. The van der Waals surface area contributed by atoms with Gasteiger partial charge in [-0.25, -0.2) is 9.37 Å². The Labute approximate surface area is 91.6 Å². The molecule has 0 spiro atoms. The fourth-order valence-corrected chi connectivity index (χ4v) is 2.18. The maximum atomic E-state index is 13.3. The number of nitrogens with two attached hydrogens (primary N) is 1. The number of hydrogen-bond acceptors (Lipinski definition) is 3. The molecule has 0 fully saturated rings. The second-order valence-electron chi connectivity index (χ2n) is 3.19. The van der Waals surface area contributed by atoms with Crippen LogP contribution in [0.1, 0.15) is 15.4 Å². The molecular weight excluding hydrogens is 211 g/mol. The molecule has 1 heterocycles. The van der Waals surface area contributed by atoms with E-state index < -0.39 is 0 Å². The highest BCUT2D eigenvalue weighted by atomic mass is 32.1. The molecular formula is C11H11FN2S. The van der Waals surface area contributed by atoms with Crippen molar-refractivity contribution >= 4 is 11.3 Å². The molecule has 2 nitrogen and oxygen atoms in total. The zero-order chi connectivity index (χ0) is 10.7. The molecule has 0 saturated heterocycles. The van der Waals surface area contributed by atoms with Crippen LogP contribution in [-0.2, 0) is 13.0 Å². The lowest BCUT2D eigenvalue weighted by atomic mass is 10.1. The van der Waals surface area contributed by atoms with Gasteiger partial charge in [0.05, 0.1) is 0 Å². The summed E-state index contributed by atoms with van der Waals surface area (Å²) in [7, 11) is 0. The van der Waals surface area contributed by atoms with E-state index in [1.165, 1.54) is 17.4 Å². The van der Waals surface area contributed by atoms with E-state index in [2.05, 4.69) is 4.98 Å². The Kier molecular flexibility index (Phi) is 3.08. The smallest absolute Gasteiger partial charge is 0.126 e. The fraction of sp³-hybridized carbons (Fsp3) is 0.182. The minimum Gasteiger partial charge on any atom is -0.325 e. The summed E-state index contributed by atoms with van der Waals surface area (Å²) in [6.07, 6.45) is 2.35. The van der Waals surface area contributed by atoms with Crippen LogP contribution in [0.5, 0.6) is 0 Å². The monoisotopic (exact) mass is 222 g/mol. The summed E-state index contributed by atoms with van der Waals surface area (Å²) in [6.45, 7) is 0.446. The van der Waals surface area contributed by atoms with Gasteiger partial charge in [0.2, 0.25) is 0 Å². The highest BCUT2D eigenvalue weighted by Crippen LogP contribution is 2.18. The third-order valence-corrected chi connectivity index (χ3v) is 3.12. The van der Waals surface area contributed by atoms with Gasteiger partial charge in [-0.15, -0.1) is 11.3 Å². The number of rotatable bonds is 3. The van der Waals surface area contributed by atoms with Crippen LogP contribution in [0, 0.1) is 5.82 Å². The summed E-state index contributed by atoms with van der Waals surface area (Å²) < 4.78 is 13.3. The molecule has 1 aromatic carbocycles. The van der Waals surface area contributed by atoms with Crippen molar-refractivity contribution in [2.24, 2.45) is 5.73 Å². The van der Waals surface area contributed by atoms with Crippen molar-refractivity contribution < 1.29 is 4.39 Å². The minimum absolute atomic E-state index is 0.166. The Bertz CT molecular complexity index is 453. The largest absolute Gasteiger partial charge is 0.325 e. The molecule has 2 rings (SSSR count). The summed E-state index contributed by atoms with van der Waals surface area (Å²) >= 11 is 1.53. The van der Waals surface area contributed by atoms with Crippen molar-refractivity contribution in [3.63, 3.8) is 0 Å². The second kappa shape index (κ2) is 4.51. The van der Waals surface area contributed by atoms with E-state index in [0.29, 0.717) is 18.5 Å². The topological polar surface area (TPSA) is 38.9 Å². The van der Waals surface area contributed by atoms with Gasteiger partial charge in [-0.1, -0.05) is 18.2 Å². The van der Waals surface area contributed by atoms with E-state index >= 15 is 0 Å². The van der Waals surface area contributed by atoms with Crippen LogP contribution in [-0.4, -0.2) is 4.98 Å². The first-order valence-corrected chi connectivity index (χ1v) is 5.48. The Morgan fingerprint density at radius 2 is 2.13 bits per heavy atom. The first-order valence-electron chi connectivity index (χ1n) is 4.66. The maximum absolute atomic E-state index is 13.3. The summed E-state index contributed by atoms with van der Waals surface area (Å²) in [5.41, 5.74) is 6.16. The number of halogens is 1. The third kappa shape index (κ3) is 2.40. The van der Waals surface area contributed by atoms with Crippen molar-refractivity contribution in [1.29, 1.82) is 0 Å². The molecule has 1 aromatic heterocycles. The van der Waals surface area contributed by atoms with E-state index in [9.17, 15) is 4.39 Å². The predicted molar refractivity (Wildman–Crippen MR) is 59.2 cm³/mol. The average Bonchev–Trinajstić information content (AvgIpc) is 2.69. The van der Waals surface area contributed by atoms with Crippen molar-refractivity contribution in [1.82, 2.24) is 4.98 Å². The van der Waals surface area contributed by atoms with Gasteiger partial charge in [-0.05, 0) is 11.6 Å². The fourth-order valence-electron chi connectivity index (χ4n) is 1.35. The van der Waals surface area contributed by atoms with Crippen LogP contribution in [0.2, 0.25) is 0 Å². The standard InChI is InChI=1S/C11H11FN2S/c12-10-4-2-1-3-8(10)5-9-7-14-11(6-13)15-9/h1-4,7H,5-6,13H2. The van der Waals surface area contributed by atoms with Crippen LogP contribution in [0.3, 0.4) is 0 Å². The average molecular weight is 222 g/mol. The molecule has 2 aromatic rings.